The molecule has 0 aromatic rings. The molecule has 1 rings (SSSR count). The molecule has 0 aliphatic carbocycles. The van der Waals surface area contributed by atoms with Gasteiger partial charge in [-0.2, -0.15) is 0 Å². The van der Waals surface area contributed by atoms with E-state index in [0.29, 0.717) is 25.7 Å². The Balaban J connectivity index is 1.91. The summed E-state index contributed by atoms with van der Waals surface area (Å²) in [5.74, 6) is -0.370. The van der Waals surface area contributed by atoms with Gasteiger partial charge in [0.1, 0.15) is 6.10 Å². The molecule has 0 aromatic heterocycles. The van der Waals surface area contributed by atoms with Gasteiger partial charge in [-0.05, 0) is 25.7 Å². The minimum Gasteiger partial charge on any atom is -0.459 e. The first kappa shape index (κ1) is 28.1. The second kappa shape index (κ2) is 18.6. The second-order valence-corrected chi connectivity index (χ2v) is 9.38. The first-order valence-corrected chi connectivity index (χ1v) is 12.9. The average Bonchev–Trinajstić information content (AvgIpc) is 2.73. The molecule has 0 spiro atoms. The highest BCUT2D eigenvalue weighted by Crippen LogP contribution is 2.18. The Morgan fingerprint density at radius 3 is 1.94 bits per heavy atom. The summed E-state index contributed by atoms with van der Waals surface area (Å²) in [5, 5.41) is 30.4. The molecule has 0 fully saturated rings. The Bertz CT molecular complexity index is 465. The molecule has 31 heavy (non-hydrogen) atoms. The van der Waals surface area contributed by atoms with Crippen molar-refractivity contribution >= 4 is 5.97 Å². The normalized spacial score (nSPS) is 19.2. The van der Waals surface area contributed by atoms with Crippen LogP contribution in [0.3, 0.4) is 0 Å². The van der Waals surface area contributed by atoms with Gasteiger partial charge in [0.15, 0.2) is 0 Å². The van der Waals surface area contributed by atoms with Crippen molar-refractivity contribution in [2.24, 2.45) is 0 Å². The van der Waals surface area contributed by atoms with Gasteiger partial charge in [0.25, 0.3) is 0 Å². The summed E-state index contributed by atoms with van der Waals surface area (Å²) in [6.07, 6.45) is 19.9. The number of hydrogen-bond acceptors (Lipinski definition) is 5. The highest BCUT2D eigenvalue weighted by molar-refractivity contribution is 5.82. The van der Waals surface area contributed by atoms with E-state index >= 15 is 0 Å². The molecule has 3 N–H and O–H groups in total. The van der Waals surface area contributed by atoms with Gasteiger partial charge < -0.3 is 20.1 Å². The number of ether oxygens (including phenoxy) is 1. The van der Waals surface area contributed by atoms with Gasteiger partial charge in [-0.25, -0.2) is 4.79 Å². The van der Waals surface area contributed by atoms with Gasteiger partial charge in [0, 0.05) is 18.9 Å². The summed E-state index contributed by atoms with van der Waals surface area (Å²) in [4.78, 5) is 11.2. The number of carbonyl (C=O) groups is 1. The number of aliphatic hydroxyl groups excluding tert-OH is 3. The van der Waals surface area contributed by atoms with Gasteiger partial charge in [-0.1, -0.05) is 90.0 Å². The van der Waals surface area contributed by atoms with Crippen molar-refractivity contribution in [3.05, 3.63) is 12.2 Å². The maximum Gasteiger partial charge on any atom is 0.330 e. The fraction of sp³-hybridized carbons (Fsp3) is 0.885. The van der Waals surface area contributed by atoms with E-state index in [-0.39, 0.29) is 24.6 Å². The van der Waals surface area contributed by atoms with Crippen molar-refractivity contribution < 1.29 is 24.9 Å². The third-order valence-electron chi connectivity index (χ3n) is 6.24. The highest BCUT2D eigenvalue weighted by atomic mass is 16.5. The number of aliphatic hydroxyl groups is 3. The van der Waals surface area contributed by atoms with Crippen molar-refractivity contribution in [2.75, 3.05) is 0 Å². The van der Waals surface area contributed by atoms with Crippen LogP contribution >= 0.6 is 0 Å². The van der Waals surface area contributed by atoms with E-state index in [1.807, 2.05) is 0 Å². The maximum absolute atomic E-state index is 11.2. The quantitative estimate of drug-likeness (QED) is 0.170. The summed E-state index contributed by atoms with van der Waals surface area (Å²) in [7, 11) is 0. The van der Waals surface area contributed by atoms with E-state index in [1.54, 1.807) is 6.08 Å². The van der Waals surface area contributed by atoms with E-state index in [4.69, 9.17) is 4.74 Å². The summed E-state index contributed by atoms with van der Waals surface area (Å²) in [5.41, 5.74) is 0. The van der Waals surface area contributed by atoms with Crippen LogP contribution in [0.4, 0.5) is 0 Å². The van der Waals surface area contributed by atoms with E-state index in [2.05, 4.69) is 6.92 Å². The topological polar surface area (TPSA) is 87.0 Å². The number of carbonyl (C=O) groups excluding carboxylic acids is 1. The van der Waals surface area contributed by atoms with Crippen LogP contribution in [0.2, 0.25) is 0 Å². The highest BCUT2D eigenvalue weighted by Gasteiger charge is 2.22. The van der Waals surface area contributed by atoms with Gasteiger partial charge in [-0.15, -0.1) is 0 Å². The van der Waals surface area contributed by atoms with Crippen LogP contribution < -0.4 is 0 Å². The molecule has 182 valence electrons. The molecule has 5 nitrogen and oxygen atoms in total. The van der Waals surface area contributed by atoms with E-state index in [0.717, 1.165) is 12.8 Å². The maximum atomic E-state index is 11.2. The minimum absolute atomic E-state index is 0.253. The minimum atomic E-state index is -0.701. The first-order valence-electron chi connectivity index (χ1n) is 12.9. The molecule has 1 heterocycles. The Labute approximate surface area is 190 Å². The molecule has 1 aliphatic rings. The molecule has 4 atom stereocenters. The van der Waals surface area contributed by atoms with E-state index < -0.39 is 12.2 Å². The van der Waals surface area contributed by atoms with Gasteiger partial charge in [0.2, 0.25) is 0 Å². The fourth-order valence-corrected chi connectivity index (χ4v) is 4.29. The van der Waals surface area contributed by atoms with Gasteiger partial charge >= 0.3 is 5.97 Å². The van der Waals surface area contributed by atoms with Crippen LogP contribution in [0.1, 0.15) is 122 Å². The van der Waals surface area contributed by atoms with Crippen LogP contribution in [0, 0.1) is 0 Å². The Morgan fingerprint density at radius 2 is 1.35 bits per heavy atom. The van der Waals surface area contributed by atoms with Crippen LogP contribution in [-0.2, 0) is 9.53 Å². The predicted molar refractivity (Wildman–Crippen MR) is 126 cm³/mol. The van der Waals surface area contributed by atoms with Crippen molar-refractivity contribution in [1.82, 2.24) is 0 Å². The Hall–Kier alpha value is -0.910. The zero-order valence-electron chi connectivity index (χ0n) is 19.9. The summed E-state index contributed by atoms with van der Waals surface area (Å²) in [6.45, 7) is 2.26. The summed E-state index contributed by atoms with van der Waals surface area (Å²) < 4.78 is 5.14. The molecule has 0 bridgehead atoms. The molecule has 0 saturated carbocycles. The number of hydrogen-bond donors (Lipinski definition) is 3. The number of rotatable bonds is 20. The third-order valence-corrected chi connectivity index (χ3v) is 6.24. The van der Waals surface area contributed by atoms with E-state index in [9.17, 15) is 20.1 Å². The zero-order valence-corrected chi connectivity index (χ0v) is 19.9. The lowest BCUT2D eigenvalue weighted by Crippen LogP contribution is -2.28. The van der Waals surface area contributed by atoms with Crippen LogP contribution in [0.15, 0.2) is 12.2 Å². The second-order valence-electron chi connectivity index (χ2n) is 9.38. The van der Waals surface area contributed by atoms with Gasteiger partial charge in [0.05, 0.1) is 18.3 Å². The Morgan fingerprint density at radius 1 is 0.806 bits per heavy atom. The Kier molecular flexibility index (Phi) is 16.9. The molecule has 0 unspecified atom stereocenters. The van der Waals surface area contributed by atoms with Crippen molar-refractivity contribution in [3.63, 3.8) is 0 Å². The molecular weight excluding hydrogens is 392 g/mol. The molecule has 0 radical (unpaired) electrons. The van der Waals surface area contributed by atoms with E-state index in [1.165, 1.54) is 76.7 Å². The predicted octanol–water partition coefficient (Wildman–Crippen LogP) is 5.59. The molecule has 0 aromatic carbocycles. The van der Waals surface area contributed by atoms with Crippen LogP contribution in [-0.4, -0.2) is 45.7 Å². The van der Waals surface area contributed by atoms with Crippen molar-refractivity contribution in [3.8, 4) is 0 Å². The van der Waals surface area contributed by atoms with Crippen molar-refractivity contribution in [1.29, 1.82) is 0 Å². The number of cyclic esters (lactones) is 1. The molecule has 5 heteroatoms. The lowest BCUT2D eigenvalue weighted by Gasteiger charge is -2.23. The number of unbranched alkanes of at least 4 members (excludes halogenated alkanes) is 11. The largest absolute Gasteiger partial charge is 0.459 e. The van der Waals surface area contributed by atoms with Crippen LogP contribution in [0.25, 0.3) is 0 Å². The van der Waals surface area contributed by atoms with Gasteiger partial charge in [-0.3, -0.25) is 0 Å². The van der Waals surface area contributed by atoms with Crippen LogP contribution in [0.5, 0.6) is 0 Å². The standard InChI is InChI=1S/C26H48O5/c1-2-3-4-5-6-7-8-9-10-11-12-13-15-22(27)18-19-23(28)20-24(29)21-25-16-14-17-26(30)31-25/h14,17,22-25,27-29H,2-13,15-16,18-21H2,1H3/t22-,23-,24+,25+/m1/s1. The SMILES string of the molecule is CCCCCCCCCCCCCC[C@@H](O)CC[C@@H](O)C[C@H](O)C[C@@H]1CC=CC(=O)O1. The average molecular weight is 441 g/mol. The summed E-state index contributed by atoms with van der Waals surface area (Å²) in [6, 6.07) is 0. The molecule has 0 saturated heterocycles. The lowest BCUT2D eigenvalue weighted by molar-refractivity contribution is -0.145. The molecule has 0 amide bonds. The summed E-state index contributed by atoms with van der Waals surface area (Å²) >= 11 is 0. The third kappa shape index (κ3) is 16.4. The lowest BCUT2D eigenvalue weighted by atomic mass is 9.98. The molecular formula is C26H48O5. The monoisotopic (exact) mass is 440 g/mol. The fourth-order valence-electron chi connectivity index (χ4n) is 4.29. The molecule has 1 aliphatic heterocycles. The smallest absolute Gasteiger partial charge is 0.330 e. The van der Waals surface area contributed by atoms with Crippen molar-refractivity contribution in [2.45, 2.75) is 147 Å². The zero-order chi connectivity index (χ0) is 22.7. The first-order chi connectivity index (χ1) is 15.0. The number of esters is 1.